The fraction of sp³-hybridized carbons (Fsp3) is 0.278. The summed E-state index contributed by atoms with van der Waals surface area (Å²) in [7, 11) is 0. The highest BCUT2D eigenvalue weighted by atomic mass is 79.9. The molecule has 0 fully saturated rings. The van der Waals surface area contributed by atoms with Crippen LogP contribution in [0.3, 0.4) is 0 Å². The van der Waals surface area contributed by atoms with Gasteiger partial charge in [0.15, 0.2) is 6.10 Å². The number of nitrogens with one attached hydrogen (secondary N) is 1. The third kappa shape index (κ3) is 4.79. The maximum atomic E-state index is 13.1. The molecule has 0 aliphatic heterocycles. The summed E-state index contributed by atoms with van der Waals surface area (Å²) in [5, 5.41) is 13.1. The number of amides is 1. The number of rotatable bonds is 6. The van der Waals surface area contributed by atoms with Gasteiger partial charge in [-0.1, -0.05) is 30.3 Å². The monoisotopic (exact) mass is 395 g/mol. The smallest absolute Gasteiger partial charge is 0.260 e. The van der Waals surface area contributed by atoms with Crippen molar-refractivity contribution in [3.63, 3.8) is 0 Å². The maximum absolute atomic E-state index is 13.1. The summed E-state index contributed by atoms with van der Waals surface area (Å²) >= 11 is 3.19. The Labute approximate surface area is 148 Å². The van der Waals surface area contributed by atoms with Crippen LogP contribution in [0, 0.1) is 5.82 Å². The van der Waals surface area contributed by atoms with E-state index in [9.17, 15) is 14.3 Å². The number of carbonyl (C=O) groups excluding carboxylic acids is 1. The third-order valence-electron chi connectivity index (χ3n) is 3.57. The molecule has 0 unspecified atom stereocenters. The van der Waals surface area contributed by atoms with Crippen molar-refractivity contribution < 1.29 is 19.0 Å². The number of hydrogen-bond donors (Lipinski definition) is 2. The quantitative estimate of drug-likeness (QED) is 0.787. The van der Waals surface area contributed by atoms with Crippen LogP contribution in [0.1, 0.15) is 19.4 Å². The molecule has 0 bridgehead atoms. The topological polar surface area (TPSA) is 58.6 Å². The fourth-order valence-electron chi connectivity index (χ4n) is 2.12. The van der Waals surface area contributed by atoms with Crippen molar-refractivity contribution in [2.45, 2.75) is 25.6 Å². The number of aliphatic hydroxyl groups is 1. The van der Waals surface area contributed by atoms with Crippen molar-refractivity contribution in [3.05, 3.63) is 64.4 Å². The standard InChI is InChI=1S/C18H19BrFNO3/c1-12(24-16-9-8-14(20)10-15(16)19)17(22)21-11-18(2,23)13-6-4-3-5-7-13/h3-10,12,23H,11H2,1-2H3,(H,21,22)/t12-,18-/m1/s1. The zero-order valence-electron chi connectivity index (χ0n) is 13.4. The zero-order chi connectivity index (χ0) is 17.7. The van der Waals surface area contributed by atoms with Crippen molar-refractivity contribution >= 4 is 21.8 Å². The molecule has 0 aliphatic carbocycles. The molecule has 6 heteroatoms. The highest BCUT2D eigenvalue weighted by Gasteiger charge is 2.25. The van der Waals surface area contributed by atoms with Crippen LogP contribution >= 0.6 is 15.9 Å². The van der Waals surface area contributed by atoms with Gasteiger partial charge < -0.3 is 15.2 Å². The molecular weight excluding hydrogens is 377 g/mol. The molecule has 0 saturated heterocycles. The second-order valence-electron chi connectivity index (χ2n) is 5.69. The lowest BCUT2D eigenvalue weighted by Gasteiger charge is -2.25. The number of ether oxygens (including phenoxy) is 1. The molecule has 0 aliphatic rings. The second-order valence-corrected chi connectivity index (χ2v) is 6.55. The third-order valence-corrected chi connectivity index (χ3v) is 4.19. The van der Waals surface area contributed by atoms with Gasteiger partial charge in [-0.15, -0.1) is 0 Å². The Bertz CT molecular complexity index is 707. The van der Waals surface area contributed by atoms with E-state index in [1.807, 2.05) is 18.2 Å². The lowest BCUT2D eigenvalue weighted by atomic mass is 9.96. The van der Waals surface area contributed by atoms with Crippen molar-refractivity contribution in [1.82, 2.24) is 5.32 Å². The van der Waals surface area contributed by atoms with E-state index in [4.69, 9.17) is 4.74 Å². The van der Waals surface area contributed by atoms with Gasteiger partial charge in [0.2, 0.25) is 0 Å². The van der Waals surface area contributed by atoms with E-state index in [-0.39, 0.29) is 12.5 Å². The Morgan fingerprint density at radius 2 is 2.00 bits per heavy atom. The van der Waals surface area contributed by atoms with Gasteiger partial charge in [0.25, 0.3) is 5.91 Å². The Hall–Kier alpha value is -1.92. The van der Waals surface area contributed by atoms with E-state index in [1.165, 1.54) is 18.2 Å². The zero-order valence-corrected chi connectivity index (χ0v) is 15.0. The highest BCUT2D eigenvalue weighted by Crippen LogP contribution is 2.26. The number of benzene rings is 2. The average molecular weight is 396 g/mol. The summed E-state index contributed by atoms with van der Waals surface area (Å²) in [6.45, 7) is 3.27. The Kier molecular flexibility index (Phi) is 5.96. The van der Waals surface area contributed by atoms with Crippen LogP contribution in [0.5, 0.6) is 5.75 Å². The molecule has 2 N–H and O–H groups in total. The normalized spacial score (nSPS) is 14.5. The van der Waals surface area contributed by atoms with Crippen LogP contribution in [-0.2, 0) is 10.4 Å². The van der Waals surface area contributed by atoms with Crippen LogP contribution < -0.4 is 10.1 Å². The Morgan fingerprint density at radius 1 is 1.33 bits per heavy atom. The molecule has 2 aromatic carbocycles. The first-order valence-corrected chi connectivity index (χ1v) is 8.26. The van der Waals surface area contributed by atoms with Gasteiger partial charge in [-0.2, -0.15) is 0 Å². The summed E-state index contributed by atoms with van der Waals surface area (Å²) in [5.74, 6) is -0.401. The number of halogens is 2. The van der Waals surface area contributed by atoms with Crippen molar-refractivity contribution in [1.29, 1.82) is 0 Å². The van der Waals surface area contributed by atoms with Crippen LogP contribution in [0.2, 0.25) is 0 Å². The lowest BCUT2D eigenvalue weighted by molar-refractivity contribution is -0.128. The maximum Gasteiger partial charge on any atom is 0.260 e. The van der Waals surface area contributed by atoms with Crippen molar-refractivity contribution in [2.75, 3.05) is 6.54 Å². The molecule has 2 aromatic rings. The Morgan fingerprint density at radius 3 is 2.62 bits per heavy atom. The largest absolute Gasteiger partial charge is 0.480 e. The van der Waals surface area contributed by atoms with Gasteiger partial charge in [0, 0.05) is 0 Å². The molecule has 0 aromatic heterocycles. The summed E-state index contributed by atoms with van der Waals surface area (Å²) in [6, 6.07) is 13.1. The minimum absolute atomic E-state index is 0.0497. The summed E-state index contributed by atoms with van der Waals surface area (Å²) in [5.41, 5.74) is -0.479. The van der Waals surface area contributed by atoms with E-state index in [2.05, 4.69) is 21.2 Å². The van der Waals surface area contributed by atoms with Gasteiger partial charge >= 0.3 is 0 Å². The molecule has 128 valence electrons. The van der Waals surface area contributed by atoms with Gasteiger partial charge in [0.1, 0.15) is 17.2 Å². The molecule has 0 saturated carbocycles. The summed E-state index contributed by atoms with van der Waals surface area (Å²) in [6.07, 6.45) is -0.793. The average Bonchev–Trinajstić information content (AvgIpc) is 2.56. The minimum Gasteiger partial charge on any atom is -0.480 e. The van der Waals surface area contributed by atoms with Gasteiger partial charge in [-0.3, -0.25) is 4.79 Å². The first-order chi connectivity index (χ1) is 11.3. The molecule has 1 amide bonds. The number of hydrogen-bond acceptors (Lipinski definition) is 3. The van der Waals surface area contributed by atoms with Gasteiger partial charge in [-0.05, 0) is 53.5 Å². The van der Waals surface area contributed by atoms with Crippen molar-refractivity contribution in [2.24, 2.45) is 0 Å². The lowest BCUT2D eigenvalue weighted by Crippen LogP contribution is -2.43. The minimum atomic E-state index is -1.19. The molecule has 0 spiro atoms. The SMILES string of the molecule is C[C@@H](Oc1ccc(F)cc1Br)C(=O)NC[C@@](C)(O)c1ccccc1. The predicted molar refractivity (Wildman–Crippen MR) is 93.2 cm³/mol. The molecule has 24 heavy (non-hydrogen) atoms. The van der Waals surface area contributed by atoms with E-state index in [1.54, 1.807) is 26.0 Å². The molecule has 4 nitrogen and oxygen atoms in total. The molecule has 2 rings (SSSR count). The summed E-state index contributed by atoms with van der Waals surface area (Å²) in [4.78, 5) is 12.2. The summed E-state index contributed by atoms with van der Waals surface area (Å²) < 4.78 is 19.0. The highest BCUT2D eigenvalue weighted by molar-refractivity contribution is 9.10. The fourth-order valence-corrected chi connectivity index (χ4v) is 2.56. The van der Waals surface area contributed by atoms with Crippen molar-refractivity contribution in [3.8, 4) is 5.75 Å². The van der Waals surface area contributed by atoms with Crippen LogP contribution in [0.25, 0.3) is 0 Å². The van der Waals surface area contributed by atoms with E-state index < -0.39 is 17.5 Å². The first kappa shape index (κ1) is 18.4. The van der Waals surface area contributed by atoms with E-state index in [0.29, 0.717) is 15.8 Å². The number of carbonyl (C=O) groups is 1. The molecule has 0 heterocycles. The molecule has 0 radical (unpaired) electrons. The molecular formula is C18H19BrFNO3. The molecule has 2 atom stereocenters. The first-order valence-electron chi connectivity index (χ1n) is 7.47. The second kappa shape index (κ2) is 7.77. The van der Waals surface area contributed by atoms with Gasteiger partial charge in [0.05, 0.1) is 11.0 Å². The Balaban J connectivity index is 1.94. The van der Waals surface area contributed by atoms with Gasteiger partial charge in [-0.25, -0.2) is 4.39 Å². The van der Waals surface area contributed by atoms with Crippen LogP contribution in [0.4, 0.5) is 4.39 Å². The predicted octanol–water partition coefficient (Wildman–Crippen LogP) is 3.38. The van der Waals surface area contributed by atoms with E-state index >= 15 is 0 Å². The van der Waals surface area contributed by atoms with E-state index in [0.717, 1.165) is 0 Å². The van der Waals surface area contributed by atoms with Crippen LogP contribution in [-0.4, -0.2) is 23.7 Å². The van der Waals surface area contributed by atoms with Crippen LogP contribution in [0.15, 0.2) is 53.0 Å².